The molecular formula is C20H15F2NO4. The van der Waals surface area contributed by atoms with E-state index in [1.54, 1.807) is 12.1 Å². The fourth-order valence-electron chi connectivity index (χ4n) is 3.30. The smallest absolute Gasteiger partial charge is 0.339 e. The normalized spacial score (nSPS) is 12.8. The van der Waals surface area contributed by atoms with Crippen LogP contribution < -0.4 is 15.7 Å². The summed E-state index contributed by atoms with van der Waals surface area (Å²) in [5.74, 6) is -2.14. The van der Waals surface area contributed by atoms with Crippen LogP contribution in [-0.4, -0.2) is 12.5 Å². The molecule has 0 atom stereocenters. The van der Waals surface area contributed by atoms with Gasteiger partial charge in [-0.05, 0) is 49.1 Å². The number of para-hydroxylation sites is 1. The van der Waals surface area contributed by atoms with Crippen LogP contribution in [0.3, 0.4) is 0 Å². The van der Waals surface area contributed by atoms with Gasteiger partial charge in [0.2, 0.25) is 0 Å². The summed E-state index contributed by atoms with van der Waals surface area (Å²) in [4.78, 5) is 23.9. The Kier molecular flexibility index (Phi) is 4.35. The van der Waals surface area contributed by atoms with Gasteiger partial charge in [0.25, 0.3) is 5.91 Å². The molecule has 0 bridgehead atoms. The van der Waals surface area contributed by atoms with Gasteiger partial charge in [-0.1, -0.05) is 6.07 Å². The Hall–Kier alpha value is -3.22. The number of fused-ring (bicyclic) bond motifs is 3. The third-order valence-electron chi connectivity index (χ3n) is 4.54. The van der Waals surface area contributed by atoms with E-state index in [2.05, 4.69) is 5.32 Å². The van der Waals surface area contributed by atoms with Crippen LogP contribution >= 0.6 is 0 Å². The first-order valence-corrected chi connectivity index (χ1v) is 8.48. The predicted molar refractivity (Wildman–Crippen MR) is 95.0 cm³/mol. The Bertz CT molecular complexity index is 1090. The van der Waals surface area contributed by atoms with Crippen molar-refractivity contribution in [2.24, 2.45) is 0 Å². The minimum Gasteiger partial charge on any atom is -0.484 e. The van der Waals surface area contributed by atoms with Gasteiger partial charge in [-0.2, -0.15) is 0 Å². The molecule has 1 aliphatic carbocycles. The Morgan fingerprint density at radius 2 is 1.85 bits per heavy atom. The lowest BCUT2D eigenvalue weighted by atomic mass is 10.1. The number of carbonyl (C=O) groups excluding carboxylic acids is 1. The van der Waals surface area contributed by atoms with Crippen molar-refractivity contribution in [3.05, 3.63) is 69.6 Å². The molecule has 0 saturated heterocycles. The van der Waals surface area contributed by atoms with Gasteiger partial charge in [0.05, 0.1) is 0 Å². The molecule has 1 N–H and O–H groups in total. The van der Waals surface area contributed by atoms with Crippen LogP contribution in [0.2, 0.25) is 0 Å². The number of ether oxygens (including phenoxy) is 1. The highest BCUT2D eigenvalue weighted by atomic mass is 19.1. The monoisotopic (exact) mass is 371 g/mol. The quantitative estimate of drug-likeness (QED) is 0.712. The second-order valence-electron chi connectivity index (χ2n) is 6.29. The van der Waals surface area contributed by atoms with E-state index in [9.17, 15) is 18.4 Å². The average molecular weight is 371 g/mol. The second kappa shape index (κ2) is 6.83. The number of anilines is 1. The molecule has 0 radical (unpaired) electrons. The molecule has 0 fully saturated rings. The SMILES string of the molecule is O=C(COc1ccc2c3c(c(=O)oc2c1)CCC3)Nc1c(F)cccc1F. The van der Waals surface area contributed by atoms with Gasteiger partial charge in [-0.3, -0.25) is 4.79 Å². The van der Waals surface area contributed by atoms with Crippen LogP contribution in [0, 0.1) is 11.6 Å². The average Bonchev–Trinajstić information content (AvgIpc) is 3.14. The van der Waals surface area contributed by atoms with E-state index in [0.717, 1.165) is 47.9 Å². The molecule has 1 amide bonds. The molecule has 3 aromatic rings. The minimum atomic E-state index is -0.871. The Balaban J connectivity index is 1.50. The summed E-state index contributed by atoms with van der Waals surface area (Å²) in [6, 6.07) is 8.28. The van der Waals surface area contributed by atoms with Crippen molar-refractivity contribution in [2.45, 2.75) is 19.3 Å². The van der Waals surface area contributed by atoms with E-state index >= 15 is 0 Å². The number of amides is 1. The van der Waals surface area contributed by atoms with E-state index in [1.165, 1.54) is 12.1 Å². The van der Waals surface area contributed by atoms with Crippen LogP contribution in [0.4, 0.5) is 14.5 Å². The third kappa shape index (κ3) is 3.28. The fourth-order valence-corrected chi connectivity index (χ4v) is 3.30. The Morgan fingerprint density at radius 3 is 2.63 bits per heavy atom. The molecule has 1 aromatic heterocycles. The number of nitrogens with one attached hydrogen (secondary N) is 1. The number of carbonyl (C=O) groups is 1. The topological polar surface area (TPSA) is 68.5 Å². The van der Waals surface area contributed by atoms with Gasteiger partial charge < -0.3 is 14.5 Å². The number of hydrogen-bond acceptors (Lipinski definition) is 4. The van der Waals surface area contributed by atoms with Crippen molar-refractivity contribution >= 4 is 22.6 Å². The highest BCUT2D eigenvalue weighted by Gasteiger charge is 2.20. The summed E-state index contributed by atoms with van der Waals surface area (Å²) in [5.41, 5.74) is 1.24. The Morgan fingerprint density at radius 1 is 1.11 bits per heavy atom. The first-order valence-electron chi connectivity index (χ1n) is 8.48. The van der Waals surface area contributed by atoms with E-state index in [4.69, 9.17) is 9.15 Å². The predicted octanol–water partition coefficient (Wildman–Crippen LogP) is 3.58. The van der Waals surface area contributed by atoms with Crippen molar-refractivity contribution in [2.75, 3.05) is 11.9 Å². The fraction of sp³-hybridized carbons (Fsp3) is 0.200. The molecule has 7 heteroatoms. The molecule has 2 aromatic carbocycles. The first kappa shape index (κ1) is 17.2. The molecule has 5 nitrogen and oxygen atoms in total. The standard InChI is InChI=1S/C20H15F2NO4/c21-15-5-2-6-16(22)19(15)23-18(24)10-26-11-7-8-13-12-3-1-4-14(12)20(25)27-17(13)9-11/h2,5-9H,1,3-4,10H2,(H,23,24). The van der Waals surface area contributed by atoms with Crippen molar-refractivity contribution in [1.82, 2.24) is 0 Å². The molecule has 0 unspecified atom stereocenters. The lowest BCUT2D eigenvalue weighted by molar-refractivity contribution is -0.118. The van der Waals surface area contributed by atoms with Gasteiger partial charge in [0.15, 0.2) is 6.61 Å². The summed E-state index contributed by atoms with van der Waals surface area (Å²) >= 11 is 0. The van der Waals surface area contributed by atoms with Gasteiger partial charge in [0, 0.05) is 17.0 Å². The van der Waals surface area contributed by atoms with Crippen LogP contribution in [0.5, 0.6) is 5.75 Å². The van der Waals surface area contributed by atoms with E-state index in [0.29, 0.717) is 11.3 Å². The van der Waals surface area contributed by atoms with E-state index < -0.39 is 29.8 Å². The largest absolute Gasteiger partial charge is 0.484 e. The maximum atomic E-state index is 13.6. The minimum absolute atomic E-state index is 0.313. The van der Waals surface area contributed by atoms with Gasteiger partial charge >= 0.3 is 5.63 Å². The molecule has 27 heavy (non-hydrogen) atoms. The summed E-state index contributed by atoms with van der Waals surface area (Å²) in [5, 5.41) is 3.00. The van der Waals surface area contributed by atoms with Gasteiger partial charge in [-0.25, -0.2) is 13.6 Å². The first-order chi connectivity index (χ1) is 13.0. The van der Waals surface area contributed by atoms with Crippen molar-refractivity contribution in [1.29, 1.82) is 0 Å². The summed E-state index contributed by atoms with van der Waals surface area (Å²) in [7, 11) is 0. The number of halogens is 2. The molecule has 0 saturated carbocycles. The van der Waals surface area contributed by atoms with Crippen molar-refractivity contribution < 1.29 is 22.7 Å². The maximum absolute atomic E-state index is 13.6. The van der Waals surface area contributed by atoms with Gasteiger partial charge in [0.1, 0.15) is 28.7 Å². The second-order valence-corrected chi connectivity index (χ2v) is 6.29. The molecule has 1 heterocycles. The lowest BCUT2D eigenvalue weighted by Gasteiger charge is -2.10. The number of aryl methyl sites for hydroxylation is 1. The van der Waals surface area contributed by atoms with Crippen LogP contribution in [0.1, 0.15) is 17.5 Å². The number of rotatable bonds is 4. The van der Waals surface area contributed by atoms with Crippen molar-refractivity contribution in [3.8, 4) is 5.75 Å². The number of benzene rings is 2. The van der Waals surface area contributed by atoms with E-state index in [-0.39, 0.29) is 5.63 Å². The highest BCUT2D eigenvalue weighted by Crippen LogP contribution is 2.29. The maximum Gasteiger partial charge on any atom is 0.339 e. The zero-order valence-corrected chi connectivity index (χ0v) is 14.2. The molecule has 0 aliphatic heterocycles. The van der Waals surface area contributed by atoms with Crippen LogP contribution in [-0.2, 0) is 17.6 Å². The zero-order valence-electron chi connectivity index (χ0n) is 14.2. The Labute approximate surface area is 152 Å². The molecule has 0 spiro atoms. The highest BCUT2D eigenvalue weighted by molar-refractivity contribution is 5.92. The zero-order chi connectivity index (χ0) is 19.0. The number of hydrogen-bond donors (Lipinski definition) is 1. The summed E-state index contributed by atoms with van der Waals surface area (Å²) < 4.78 is 37.8. The molecular weight excluding hydrogens is 356 g/mol. The summed E-state index contributed by atoms with van der Waals surface area (Å²) in [6.45, 7) is -0.450. The molecule has 1 aliphatic rings. The lowest BCUT2D eigenvalue weighted by Crippen LogP contribution is -2.21. The molecule has 4 rings (SSSR count). The van der Waals surface area contributed by atoms with Crippen molar-refractivity contribution in [3.63, 3.8) is 0 Å². The van der Waals surface area contributed by atoms with Gasteiger partial charge in [-0.15, -0.1) is 0 Å². The van der Waals surface area contributed by atoms with Crippen LogP contribution in [0.25, 0.3) is 11.0 Å². The van der Waals surface area contributed by atoms with Crippen LogP contribution in [0.15, 0.2) is 45.6 Å². The third-order valence-corrected chi connectivity index (χ3v) is 4.54. The van der Waals surface area contributed by atoms with E-state index in [1.807, 2.05) is 0 Å². The summed E-state index contributed by atoms with van der Waals surface area (Å²) in [6.07, 6.45) is 2.47. The molecule has 138 valence electrons.